The van der Waals surface area contributed by atoms with Crippen LogP contribution in [0.25, 0.3) is 0 Å². The number of nitro groups is 1. The normalized spacial score (nSPS) is 14.8. The molecule has 0 aliphatic heterocycles. The van der Waals surface area contributed by atoms with Crippen molar-refractivity contribution >= 4 is 40.6 Å². The van der Waals surface area contributed by atoms with Crippen molar-refractivity contribution in [1.82, 2.24) is 14.8 Å². The molecule has 1 heterocycles. The number of nitro benzene ring substituents is 1. The molecule has 1 aliphatic carbocycles. The van der Waals surface area contributed by atoms with Gasteiger partial charge in [0.2, 0.25) is 5.91 Å². The third-order valence-electron chi connectivity index (χ3n) is 4.88. The van der Waals surface area contributed by atoms with Gasteiger partial charge in [-0.05, 0) is 18.1 Å². The molecule has 1 amide bonds. The summed E-state index contributed by atoms with van der Waals surface area (Å²) in [6, 6.07) is 4.17. The minimum Gasteiger partial charge on any atom is -0.325 e. The van der Waals surface area contributed by atoms with Gasteiger partial charge in [-0.2, -0.15) is 0 Å². The maximum absolute atomic E-state index is 12.2. The molecule has 1 saturated carbocycles. The first-order valence-corrected chi connectivity index (χ1v) is 10.5. The molecule has 1 aliphatic rings. The number of benzene rings is 1. The van der Waals surface area contributed by atoms with Crippen molar-refractivity contribution in [2.75, 3.05) is 11.1 Å². The zero-order valence-corrected chi connectivity index (χ0v) is 17.1. The van der Waals surface area contributed by atoms with Gasteiger partial charge in [-0.15, -0.1) is 10.2 Å². The number of anilines is 1. The highest BCUT2D eigenvalue weighted by Gasteiger charge is 2.19. The van der Waals surface area contributed by atoms with Gasteiger partial charge in [0.1, 0.15) is 10.8 Å². The highest BCUT2D eigenvalue weighted by molar-refractivity contribution is 7.99. The topological polar surface area (TPSA) is 103 Å². The molecule has 0 radical (unpaired) electrons. The Kier molecular flexibility index (Phi) is 6.90. The van der Waals surface area contributed by atoms with E-state index < -0.39 is 4.92 Å². The average molecular weight is 424 g/mol. The third-order valence-corrected chi connectivity index (χ3v) is 6.22. The van der Waals surface area contributed by atoms with Crippen molar-refractivity contribution in [2.24, 2.45) is 13.0 Å². The standard InChI is InChI=1S/C18H22ClN5O3S/c1-23-16(9-12-5-3-2-4-6-12)21-22-18(23)28-11-17(25)20-13-7-8-14(19)15(10-13)24(26)27/h7-8,10,12H,2-6,9,11H2,1H3,(H,20,25). The van der Waals surface area contributed by atoms with Crippen LogP contribution in [0, 0.1) is 16.0 Å². The number of halogens is 1. The van der Waals surface area contributed by atoms with Crippen molar-refractivity contribution in [2.45, 2.75) is 43.7 Å². The van der Waals surface area contributed by atoms with Gasteiger partial charge in [-0.25, -0.2) is 0 Å². The first-order valence-electron chi connectivity index (χ1n) is 9.19. The second kappa shape index (κ2) is 9.38. The minimum absolute atomic E-state index is 0.0296. The van der Waals surface area contributed by atoms with E-state index in [0.29, 0.717) is 16.8 Å². The van der Waals surface area contributed by atoms with Gasteiger partial charge >= 0.3 is 0 Å². The number of aromatic nitrogens is 3. The predicted octanol–water partition coefficient (Wildman–Crippen LogP) is 4.23. The SMILES string of the molecule is Cn1c(CC2CCCCC2)nnc1SCC(=O)Nc1ccc(Cl)c([N+](=O)[O-])c1. The van der Waals surface area contributed by atoms with E-state index in [1.807, 2.05) is 11.6 Å². The summed E-state index contributed by atoms with van der Waals surface area (Å²) >= 11 is 7.07. The number of carbonyl (C=O) groups is 1. The third kappa shape index (κ3) is 5.23. The quantitative estimate of drug-likeness (QED) is 0.406. The summed E-state index contributed by atoms with van der Waals surface area (Å²) in [6.07, 6.45) is 7.29. The predicted molar refractivity (Wildman–Crippen MR) is 109 cm³/mol. The molecule has 1 N–H and O–H groups in total. The number of hydrogen-bond donors (Lipinski definition) is 1. The van der Waals surface area contributed by atoms with Crippen LogP contribution in [-0.2, 0) is 18.3 Å². The van der Waals surface area contributed by atoms with Crippen LogP contribution in [-0.4, -0.2) is 31.3 Å². The van der Waals surface area contributed by atoms with E-state index in [2.05, 4.69) is 15.5 Å². The van der Waals surface area contributed by atoms with E-state index in [-0.39, 0.29) is 22.4 Å². The van der Waals surface area contributed by atoms with E-state index in [1.54, 1.807) is 0 Å². The molecule has 0 atom stereocenters. The van der Waals surface area contributed by atoms with E-state index in [9.17, 15) is 14.9 Å². The maximum Gasteiger partial charge on any atom is 0.289 e. The molecule has 0 saturated heterocycles. The lowest BCUT2D eigenvalue weighted by Crippen LogP contribution is -2.15. The molecule has 28 heavy (non-hydrogen) atoms. The molecule has 1 aromatic heterocycles. The smallest absolute Gasteiger partial charge is 0.289 e. The van der Waals surface area contributed by atoms with Crippen molar-refractivity contribution in [3.63, 3.8) is 0 Å². The van der Waals surface area contributed by atoms with Gasteiger partial charge in [-0.3, -0.25) is 14.9 Å². The molecule has 2 aromatic rings. The first-order chi connectivity index (χ1) is 13.4. The number of rotatable bonds is 7. The molecule has 8 nitrogen and oxygen atoms in total. The van der Waals surface area contributed by atoms with Crippen LogP contribution >= 0.6 is 23.4 Å². The van der Waals surface area contributed by atoms with Gasteiger partial charge < -0.3 is 9.88 Å². The molecule has 1 aromatic carbocycles. The van der Waals surface area contributed by atoms with Crippen molar-refractivity contribution in [3.8, 4) is 0 Å². The van der Waals surface area contributed by atoms with Crippen LogP contribution < -0.4 is 5.32 Å². The summed E-state index contributed by atoms with van der Waals surface area (Å²) in [5, 5.41) is 22.8. The van der Waals surface area contributed by atoms with E-state index >= 15 is 0 Å². The molecule has 10 heteroatoms. The molecule has 0 unspecified atom stereocenters. The first kappa shape index (κ1) is 20.6. The second-order valence-electron chi connectivity index (χ2n) is 6.93. The zero-order valence-electron chi connectivity index (χ0n) is 15.6. The minimum atomic E-state index is -0.583. The fourth-order valence-corrected chi connectivity index (χ4v) is 4.27. The number of nitrogens with zero attached hydrogens (tertiary/aromatic N) is 4. The Balaban J connectivity index is 1.55. The van der Waals surface area contributed by atoms with Crippen molar-refractivity contribution in [1.29, 1.82) is 0 Å². The monoisotopic (exact) mass is 423 g/mol. The maximum atomic E-state index is 12.2. The number of carbonyl (C=O) groups excluding carboxylic acids is 1. The molecule has 3 rings (SSSR count). The largest absolute Gasteiger partial charge is 0.325 e. The van der Waals surface area contributed by atoms with Gasteiger partial charge in [0.15, 0.2) is 5.16 Å². The molecular weight excluding hydrogens is 402 g/mol. The van der Waals surface area contributed by atoms with Crippen LogP contribution in [0.2, 0.25) is 5.02 Å². The number of amides is 1. The van der Waals surface area contributed by atoms with Gasteiger partial charge in [0.05, 0.1) is 10.7 Å². The number of thioether (sulfide) groups is 1. The molecule has 0 spiro atoms. The molecule has 1 fully saturated rings. The van der Waals surface area contributed by atoms with E-state index in [4.69, 9.17) is 11.6 Å². The van der Waals surface area contributed by atoms with Gasteiger partial charge in [0.25, 0.3) is 5.69 Å². The Labute approximate surface area is 172 Å². The Morgan fingerprint density at radius 2 is 2.11 bits per heavy atom. The summed E-state index contributed by atoms with van der Waals surface area (Å²) < 4.78 is 1.94. The molecule has 0 bridgehead atoms. The Hall–Kier alpha value is -2.13. The van der Waals surface area contributed by atoms with Gasteiger partial charge in [0, 0.05) is 25.2 Å². The fraction of sp³-hybridized carbons (Fsp3) is 0.500. The summed E-state index contributed by atoms with van der Waals surface area (Å²) in [4.78, 5) is 22.6. The molecule has 150 valence electrons. The Morgan fingerprint density at radius 1 is 1.36 bits per heavy atom. The lowest BCUT2D eigenvalue weighted by molar-refractivity contribution is -0.384. The van der Waals surface area contributed by atoms with Crippen LogP contribution in [0.1, 0.15) is 37.9 Å². The summed E-state index contributed by atoms with van der Waals surface area (Å²) in [5.41, 5.74) is 0.0884. The highest BCUT2D eigenvalue weighted by Crippen LogP contribution is 2.28. The summed E-state index contributed by atoms with van der Waals surface area (Å²) in [5.74, 6) is 1.46. The Bertz CT molecular complexity index is 867. The van der Waals surface area contributed by atoms with Crippen LogP contribution in [0.5, 0.6) is 0 Å². The van der Waals surface area contributed by atoms with Crippen molar-refractivity contribution in [3.05, 3.63) is 39.2 Å². The molecular formula is C18H22ClN5O3S. The van der Waals surface area contributed by atoms with Gasteiger partial charge in [-0.1, -0.05) is 55.5 Å². The van der Waals surface area contributed by atoms with Crippen LogP contribution in [0.4, 0.5) is 11.4 Å². The van der Waals surface area contributed by atoms with Crippen molar-refractivity contribution < 1.29 is 9.72 Å². The lowest BCUT2D eigenvalue weighted by atomic mass is 9.87. The average Bonchev–Trinajstić information content (AvgIpc) is 3.02. The lowest BCUT2D eigenvalue weighted by Gasteiger charge is -2.20. The van der Waals surface area contributed by atoms with E-state index in [0.717, 1.165) is 12.2 Å². The van der Waals surface area contributed by atoms with Crippen LogP contribution in [0.15, 0.2) is 23.4 Å². The Morgan fingerprint density at radius 3 is 2.82 bits per heavy atom. The fourth-order valence-electron chi connectivity index (χ4n) is 3.36. The highest BCUT2D eigenvalue weighted by atomic mass is 35.5. The zero-order chi connectivity index (χ0) is 20.1. The van der Waals surface area contributed by atoms with E-state index in [1.165, 1.54) is 62.1 Å². The number of hydrogen-bond acceptors (Lipinski definition) is 6. The number of nitrogens with one attached hydrogen (secondary N) is 1. The second-order valence-corrected chi connectivity index (χ2v) is 8.28. The summed E-state index contributed by atoms with van der Waals surface area (Å²) in [6.45, 7) is 0. The summed E-state index contributed by atoms with van der Waals surface area (Å²) in [7, 11) is 1.92. The van der Waals surface area contributed by atoms with Crippen LogP contribution in [0.3, 0.4) is 0 Å².